The maximum absolute atomic E-state index is 11.4. The number of hydrogen-bond acceptors (Lipinski definition) is 5. The van der Waals surface area contributed by atoms with E-state index in [1.165, 1.54) is 31.7 Å². The van der Waals surface area contributed by atoms with Crippen molar-refractivity contribution in [3.63, 3.8) is 0 Å². The van der Waals surface area contributed by atoms with Crippen LogP contribution in [0.4, 0.5) is 5.69 Å². The summed E-state index contributed by atoms with van der Waals surface area (Å²) >= 11 is 0. The molecule has 2 aromatic carbocycles. The fourth-order valence-corrected chi connectivity index (χ4v) is 4.78. The van der Waals surface area contributed by atoms with Crippen LogP contribution in [0.3, 0.4) is 0 Å². The van der Waals surface area contributed by atoms with E-state index in [1.54, 1.807) is 12.1 Å². The Balaban J connectivity index is 1.81. The highest BCUT2D eigenvalue weighted by Gasteiger charge is 2.36. The SMILES string of the molecule is CC(=O)O/N=C(\C)c1ccc2c(c1)C(C1CCCCC1)c1cc([N+](=O)[O-])ccc1-2. The molecule has 0 radical (unpaired) electrons. The molecule has 2 aromatic rings. The van der Waals surface area contributed by atoms with Crippen molar-refractivity contribution in [2.75, 3.05) is 0 Å². The van der Waals surface area contributed by atoms with Gasteiger partial charge in [0.1, 0.15) is 0 Å². The minimum Gasteiger partial charge on any atom is -0.318 e. The zero-order valence-corrected chi connectivity index (χ0v) is 16.7. The molecule has 1 unspecified atom stereocenters. The Bertz CT molecular complexity index is 1010. The third-order valence-electron chi connectivity index (χ3n) is 6.11. The Morgan fingerprint density at radius 1 is 1.03 bits per heavy atom. The van der Waals surface area contributed by atoms with Crippen molar-refractivity contribution >= 4 is 17.4 Å². The molecule has 0 saturated heterocycles. The van der Waals surface area contributed by atoms with Gasteiger partial charge in [0.2, 0.25) is 0 Å². The van der Waals surface area contributed by atoms with E-state index in [9.17, 15) is 14.9 Å². The van der Waals surface area contributed by atoms with Crippen LogP contribution in [0.5, 0.6) is 0 Å². The molecule has 6 nitrogen and oxygen atoms in total. The quantitative estimate of drug-likeness (QED) is 0.295. The number of hydrogen-bond donors (Lipinski definition) is 0. The fourth-order valence-electron chi connectivity index (χ4n) is 4.78. The largest absolute Gasteiger partial charge is 0.331 e. The minimum absolute atomic E-state index is 0.144. The van der Waals surface area contributed by atoms with Gasteiger partial charge in [-0.25, -0.2) is 4.79 Å². The summed E-state index contributed by atoms with van der Waals surface area (Å²) in [6.45, 7) is 3.13. The summed E-state index contributed by atoms with van der Waals surface area (Å²) in [6.07, 6.45) is 5.93. The first-order chi connectivity index (χ1) is 14.0. The van der Waals surface area contributed by atoms with Gasteiger partial charge in [0.25, 0.3) is 5.69 Å². The summed E-state index contributed by atoms with van der Waals surface area (Å²) in [5, 5.41) is 15.3. The third-order valence-corrected chi connectivity index (χ3v) is 6.11. The maximum Gasteiger partial charge on any atom is 0.331 e. The molecule has 0 amide bonds. The molecule has 1 fully saturated rings. The molecular formula is C23H24N2O4. The summed E-state index contributed by atoms with van der Waals surface area (Å²) in [6, 6.07) is 11.4. The van der Waals surface area contributed by atoms with Crippen molar-refractivity contribution in [1.82, 2.24) is 0 Å². The van der Waals surface area contributed by atoms with Crippen LogP contribution in [0.2, 0.25) is 0 Å². The second kappa shape index (κ2) is 7.78. The van der Waals surface area contributed by atoms with Gasteiger partial charge in [0.15, 0.2) is 0 Å². The molecule has 4 rings (SSSR count). The van der Waals surface area contributed by atoms with Gasteiger partial charge in [-0.3, -0.25) is 10.1 Å². The van der Waals surface area contributed by atoms with Crippen LogP contribution >= 0.6 is 0 Å². The monoisotopic (exact) mass is 392 g/mol. The Morgan fingerprint density at radius 2 is 1.69 bits per heavy atom. The molecule has 150 valence electrons. The van der Waals surface area contributed by atoms with Gasteiger partial charge in [-0.2, -0.15) is 0 Å². The molecule has 2 aliphatic rings. The van der Waals surface area contributed by atoms with Crippen molar-refractivity contribution in [3.05, 3.63) is 63.2 Å². The molecule has 0 aliphatic heterocycles. The van der Waals surface area contributed by atoms with E-state index in [1.807, 2.05) is 19.1 Å². The zero-order valence-electron chi connectivity index (χ0n) is 16.7. The molecule has 2 aliphatic carbocycles. The van der Waals surface area contributed by atoms with E-state index >= 15 is 0 Å². The number of nitro groups is 1. The van der Waals surface area contributed by atoms with Gasteiger partial charge >= 0.3 is 5.97 Å². The molecule has 0 N–H and O–H groups in total. The second-order valence-electron chi connectivity index (χ2n) is 7.97. The Kier molecular flexibility index (Phi) is 5.18. The molecule has 0 bridgehead atoms. The predicted octanol–water partition coefficient (Wildman–Crippen LogP) is 5.57. The van der Waals surface area contributed by atoms with Crippen LogP contribution < -0.4 is 0 Å². The van der Waals surface area contributed by atoms with E-state index in [2.05, 4.69) is 17.3 Å². The van der Waals surface area contributed by atoms with E-state index < -0.39 is 5.97 Å². The lowest BCUT2D eigenvalue weighted by atomic mass is 9.75. The molecule has 1 saturated carbocycles. The average Bonchev–Trinajstić information content (AvgIpc) is 3.05. The number of rotatable bonds is 4. The number of non-ortho nitro benzene ring substituents is 1. The predicted molar refractivity (Wildman–Crippen MR) is 111 cm³/mol. The topological polar surface area (TPSA) is 81.8 Å². The van der Waals surface area contributed by atoms with E-state index in [0.717, 1.165) is 35.1 Å². The molecule has 0 spiro atoms. The van der Waals surface area contributed by atoms with Gasteiger partial charge in [-0.15, -0.1) is 0 Å². The number of oxime groups is 1. The lowest BCUT2D eigenvalue weighted by molar-refractivity contribution is -0.384. The third kappa shape index (κ3) is 3.67. The first-order valence-corrected chi connectivity index (χ1v) is 10.1. The molecule has 1 atom stereocenters. The smallest absolute Gasteiger partial charge is 0.318 e. The normalized spacial score (nSPS) is 18.8. The van der Waals surface area contributed by atoms with Gasteiger partial charge in [0.05, 0.1) is 10.6 Å². The number of benzene rings is 2. The van der Waals surface area contributed by atoms with Gasteiger partial charge in [-0.1, -0.05) is 36.6 Å². The standard InChI is InChI=1S/C23H24N2O4/c1-14(24-29-15(2)26)17-8-10-19-20-11-9-18(25(27)28)13-22(20)23(21(19)12-17)16-6-4-3-5-7-16/h8-13,16,23H,3-7H2,1-2H3/b24-14+. The van der Waals surface area contributed by atoms with Gasteiger partial charge in [-0.05, 0) is 65.6 Å². The molecular weight excluding hydrogens is 368 g/mol. The van der Waals surface area contributed by atoms with Crippen molar-refractivity contribution in [3.8, 4) is 11.1 Å². The van der Waals surface area contributed by atoms with Crippen LogP contribution in [0.1, 0.15) is 68.6 Å². The van der Waals surface area contributed by atoms with Crippen molar-refractivity contribution in [2.45, 2.75) is 51.9 Å². The average molecular weight is 392 g/mol. The number of carbonyl (C=O) groups is 1. The van der Waals surface area contributed by atoms with E-state index in [0.29, 0.717) is 11.6 Å². The van der Waals surface area contributed by atoms with Crippen LogP contribution in [0.25, 0.3) is 11.1 Å². The Hall–Kier alpha value is -3.02. The Labute approximate surface area is 169 Å². The lowest BCUT2D eigenvalue weighted by Gasteiger charge is -2.29. The maximum atomic E-state index is 11.4. The highest BCUT2D eigenvalue weighted by Crippen LogP contribution is 2.52. The molecule has 6 heteroatoms. The number of nitrogens with zero attached hydrogens (tertiary/aromatic N) is 2. The van der Waals surface area contributed by atoms with E-state index in [4.69, 9.17) is 4.84 Å². The molecule has 0 heterocycles. The summed E-state index contributed by atoms with van der Waals surface area (Å²) < 4.78 is 0. The number of carbonyl (C=O) groups excluding carboxylic acids is 1. The Morgan fingerprint density at radius 3 is 2.34 bits per heavy atom. The number of nitro benzene ring substituents is 1. The van der Waals surface area contributed by atoms with Crippen molar-refractivity contribution in [2.24, 2.45) is 11.1 Å². The first-order valence-electron chi connectivity index (χ1n) is 10.1. The summed E-state index contributed by atoms with van der Waals surface area (Å²) in [4.78, 5) is 26.9. The summed E-state index contributed by atoms with van der Waals surface area (Å²) in [5.41, 5.74) is 6.15. The number of fused-ring (bicyclic) bond motifs is 3. The highest BCUT2D eigenvalue weighted by molar-refractivity contribution is 6.00. The fraction of sp³-hybridized carbons (Fsp3) is 0.391. The molecule has 0 aromatic heterocycles. The zero-order chi connectivity index (χ0) is 20.5. The van der Waals surface area contributed by atoms with Crippen molar-refractivity contribution in [1.29, 1.82) is 0 Å². The van der Waals surface area contributed by atoms with E-state index in [-0.39, 0.29) is 16.5 Å². The van der Waals surface area contributed by atoms with Crippen molar-refractivity contribution < 1.29 is 14.6 Å². The lowest BCUT2D eigenvalue weighted by Crippen LogP contribution is -2.16. The first kappa shape index (κ1) is 19.3. The summed E-state index contributed by atoms with van der Waals surface area (Å²) in [5.74, 6) is 0.179. The minimum atomic E-state index is -0.453. The van der Waals surface area contributed by atoms with Crippen LogP contribution in [-0.2, 0) is 9.63 Å². The highest BCUT2D eigenvalue weighted by atomic mass is 16.7. The van der Waals surface area contributed by atoms with Gasteiger partial charge < -0.3 is 4.84 Å². The second-order valence-corrected chi connectivity index (χ2v) is 7.97. The summed E-state index contributed by atoms with van der Waals surface area (Å²) in [7, 11) is 0. The van der Waals surface area contributed by atoms with Crippen LogP contribution in [0.15, 0.2) is 41.6 Å². The van der Waals surface area contributed by atoms with Crippen LogP contribution in [0, 0.1) is 16.0 Å². The van der Waals surface area contributed by atoms with Crippen LogP contribution in [-0.4, -0.2) is 16.6 Å². The molecule has 29 heavy (non-hydrogen) atoms. The van der Waals surface area contributed by atoms with Gasteiger partial charge in [0, 0.05) is 25.0 Å².